The Kier molecular flexibility index (Phi) is 5.90. The van der Waals surface area contributed by atoms with Crippen LogP contribution in [-0.2, 0) is 22.9 Å². The molecule has 2 aromatic carbocycles. The van der Waals surface area contributed by atoms with Gasteiger partial charge in [-0.25, -0.2) is 4.79 Å². The molecule has 4 aliphatic rings. The van der Waals surface area contributed by atoms with Gasteiger partial charge in [-0.05, 0) is 81.6 Å². The van der Waals surface area contributed by atoms with E-state index in [9.17, 15) is 18.0 Å². The van der Waals surface area contributed by atoms with Crippen LogP contribution in [0.3, 0.4) is 0 Å². The van der Waals surface area contributed by atoms with Crippen molar-refractivity contribution >= 4 is 5.97 Å². The second-order valence-corrected chi connectivity index (χ2v) is 10.5. The SMILES string of the molecule is O=C1OC2(CCC(N3CCC(Cc4ccccc4C(F)(F)F)CC3)CC2)c2ccc3c(c21)OCCO3. The molecule has 1 saturated carbocycles. The van der Waals surface area contributed by atoms with E-state index in [4.69, 9.17) is 14.2 Å². The third-order valence-electron chi connectivity index (χ3n) is 8.45. The zero-order valence-electron chi connectivity index (χ0n) is 20.1. The summed E-state index contributed by atoms with van der Waals surface area (Å²) in [6.45, 7) is 2.68. The van der Waals surface area contributed by atoms with Gasteiger partial charge in [-0.2, -0.15) is 13.2 Å². The lowest BCUT2D eigenvalue weighted by Gasteiger charge is -2.43. The Bertz CT molecular complexity index is 1150. The lowest BCUT2D eigenvalue weighted by molar-refractivity contribution is -0.138. The largest absolute Gasteiger partial charge is 0.486 e. The van der Waals surface area contributed by atoms with Crippen molar-refractivity contribution < 1.29 is 32.2 Å². The van der Waals surface area contributed by atoms with Crippen LogP contribution in [0.15, 0.2) is 36.4 Å². The highest BCUT2D eigenvalue weighted by atomic mass is 19.4. The van der Waals surface area contributed by atoms with Gasteiger partial charge in [-0.1, -0.05) is 24.3 Å². The van der Waals surface area contributed by atoms with Gasteiger partial charge >= 0.3 is 12.1 Å². The number of nitrogens with zero attached hydrogens (tertiary/aromatic N) is 1. The number of carbonyl (C=O) groups excluding carboxylic acids is 1. The number of rotatable bonds is 3. The van der Waals surface area contributed by atoms with Gasteiger partial charge in [-0.15, -0.1) is 0 Å². The van der Waals surface area contributed by atoms with Gasteiger partial charge in [0, 0.05) is 11.6 Å². The van der Waals surface area contributed by atoms with Crippen LogP contribution in [0.4, 0.5) is 13.2 Å². The first kappa shape index (κ1) is 23.6. The second kappa shape index (κ2) is 8.98. The summed E-state index contributed by atoms with van der Waals surface area (Å²) in [5.74, 6) is 1.04. The number of piperidine rings is 1. The number of fused-ring (bicyclic) bond motifs is 4. The molecular weight excluding hydrogens is 471 g/mol. The molecule has 0 radical (unpaired) electrons. The van der Waals surface area contributed by atoms with Gasteiger partial charge in [0.1, 0.15) is 24.4 Å². The Morgan fingerprint density at radius 3 is 2.42 bits per heavy atom. The molecular formula is C28H30F3NO4. The van der Waals surface area contributed by atoms with E-state index in [-0.39, 0.29) is 11.9 Å². The Labute approximate surface area is 208 Å². The zero-order valence-corrected chi connectivity index (χ0v) is 20.1. The Hall–Kier alpha value is -2.74. The molecule has 0 bridgehead atoms. The fourth-order valence-corrected chi connectivity index (χ4v) is 6.60. The molecule has 36 heavy (non-hydrogen) atoms. The van der Waals surface area contributed by atoms with Crippen molar-refractivity contribution in [2.24, 2.45) is 5.92 Å². The summed E-state index contributed by atoms with van der Waals surface area (Å²) >= 11 is 0. The standard InChI is InChI=1S/C28H30F3NO4/c29-28(30,31)21-4-2-1-3-19(21)17-18-9-13-32(14-10-18)20-7-11-27(12-8-20)22-5-6-23-25(35-16-15-34-23)24(22)26(33)36-27/h1-6,18,20H,7-17H2. The van der Waals surface area contributed by atoms with E-state index in [0.717, 1.165) is 57.2 Å². The van der Waals surface area contributed by atoms with E-state index in [2.05, 4.69) is 4.90 Å². The van der Waals surface area contributed by atoms with Crippen molar-refractivity contribution in [3.63, 3.8) is 0 Å². The van der Waals surface area contributed by atoms with Gasteiger partial charge < -0.3 is 19.1 Å². The van der Waals surface area contributed by atoms with E-state index < -0.39 is 17.3 Å². The van der Waals surface area contributed by atoms with Gasteiger partial charge in [0.25, 0.3) is 0 Å². The van der Waals surface area contributed by atoms with Crippen LogP contribution < -0.4 is 9.47 Å². The highest BCUT2D eigenvalue weighted by Gasteiger charge is 2.50. The van der Waals surface area contributed by atoms with Gasteiger partial charge in [0.05, 0.1) is 5.56 Å². The number of alkyl halides is 3. The van der Waals surface area contributed by atoms with Crippen LogP contribution in [0.2, 0.25) is 0 Å². The maximum Gasteiger partial charge on any atom is 0.416 e. The molecule has 2 aromatic rings. The first-order valence-electron chi connectivity index (χ1n) is 12.9. The molecule has 0 atom stereocenters. The van der Waals surface area contributed by atoms with Crippen LogP contribution in [0.5, 0.6) is 11.5 Å². The maximum absolute atomic E-state index is 13.4. The number of benzene rings is 2. The number of likely N-dealkylation sites (tertiary alicyclic amines) is 1. The van der Waals surface area contributed by atoms with Crippen molar-refractivity contribution in [3.05, 3.63) is 58.7 Å². The van der Waals surface area contributed by atoms with Crippen LogP contribution in [0, 0.1) is 5.92 Å². The molecule has 6 rings (SSSR count). The molecule has 1 spiro atoms. The maximum atomic E-state index is 13.4. The molecule has 0 aromatic heterocycles. The Balaban J connectivity index is 1.08. The number of esters is 1. The lowest BCUT2D eigenvalue weighted by Crippen LogP contribution is -2.46. The third kappa shape index (κ3) is 4.13. The fraction of sp³-hybridized carbons (Fsp3) is 0.536. The molecule has 0 amide bonds. The zero-order chi connectivity index (χ0) is 24.9. The molecule has 3 heterocycles. The van der Waals surface area contributed by atoms with E-state index >= 15 is 0 Å². The molecule has 2 fully saturated rings. The van der Waals surface area contributed by atoms with Crippen molar-refractivity contribution in [2.75, 3.05) is 26.3 Å². The lowest BCUT2D eigenvalue weighted by atomic mass is 9.76. The molecule has 0 unspecified atom stereocenters. The smallest absolute Gasteiger partial charge is 0.416 e. The van der Waals surface area contributed by atoms with E-state index in [1.165, 1.54) is 12.1 Å². The van der Waals surface area contributed by atoms with E-state index in [0.29, 0.717) is 48.3 Å². The number of hydrogen-bond donors (Lipinski definition) is 0. The minimum atomic E-state index is -4.31. The summed E-state index contributed by atoms with van der Waals surface area (Å²) in [6, 6.07) is 10.2. The predicted octanol–water partition coefficient (Wildman–Crippen LogP) is 5.74. The normalized spacial score (nSPS) is 26.6. The summed E-state index contributed by atoms with van der Waals surface area (Å²) in [5.41, 5.74) is 0.733. The van der Waals surface area contributed by atoms with Crippen molar-refractivity contribution in [1.29, 1.82) is 0 Å². The first-order chi connectivity index (χ1) is 17.3. The first-order valence-corrected chi connectivity index (χ1v) is 12.9. The average Bonchev–Trinajstić information content (AvgIpc) is 3.16. The highest BCUT2D eigenvalue weighted by molar-refractivity contribution is 5.98. The predicted molar refractivity (Wildman–Crippen MR) is 126 cm³/mol. The molecule has 0 N–H and O–H groups in total. The molecule has 192 valence electrons. The van der Waals surface area contributed by atoms with Gasteiger partial charge in [0.2, 0.25) is 0 Å². The van der Waals surface area contributed by atoms with E-state index in [1.54, 1.807) is 12.1 Å². The van der Waals surface area contributed by atoms with Crippen LogP contribution >= 0.6 is 0 Å². The van der Waals surface area contributed by atoms with E-state index in [1.807, 2.05) is 12.1 Å². The average molecular weight is 502 g/mol. The Morgan fingerprint density at radius 2 is 1.67 bits per heavy atom. The molecule has 1 aliphatic carbocycles. The fourth-order valence-electron chi connectivity index (χ4n) is 6.60. The third-order valence-corrected chi connectivity index (χ3v) is 8.45. The summed E-state index contributed by atoms with van der Waals surface area (Å²) in [5, 5.41) is 0. The molecule has 8 heteroatoms. The number of hydrogen-bond acceptors (Lipinski definition) is 5. The minimum absolute atomic E-state index is 0.260. The van der Waals surface area contributed by atoms with Crippen molar-refractivity contribution in [2.45, 2.75) is 62.8 Å². The Morgan fingerprint density at radius 1 is 0.944 bits per heavy atom. The van der Waals surface area contributed by atoms with Crippen LogP contribution in [0.1, 0.15) is 65.6 Å². The summed E-state index contributed by atoms with van der Waals surface area (Å²) < 4.78 is 57.6. The summed E-state index contributed by atoms with van der Waals surface area (Å²) in [6.07, 6.45) is 1.32. The minimum Gasteiger partial charge on any atom is -0.486 e. The van der Waals surface area contributed by atoms with Crippen LogP contribution in [0.25, 0.3) is 0 Å². The van der Waals surface area contributed by atoms with Crippen molar-refractivity contribution in [1.82, 2.24) is 4.90 Å². The number of carbonyl (C=O) groups is 1. The molecule has 1 saturated heterocycles. The highest BCUT2D eigenvalue weighted by Crippen LogP contribution is 2.52. The van der Waals surface area contributed by atoms with Gasteiger partial charge in [0.15, 0.2) is 11.5 Å². The summed E-state index contributed by atoms with van der Waals surface area (Å²) in [7, 11) is 0. The monoisotopic (exact) mass is 501 g/mol. The number of ether oxygens (including phenoxy) is 3. The number of halogens is 3. The van der Waals surface area contributed by atoms with Gasteiger partial charge in [-0.3, -0.25) is 0 Å². The molecule has 5 nitrogen and oxygen atoms in total. The molecule has 3 aliphatic heterocycles. The van der Waals surface area contributed by atoms with Crippen molar-refractivity contribution in [3.8, 4) is 11.5 Å². The second-order valence-electron chi connectivity index (χ2n) is 10.5. The quantitative estimate of drug-likeness (QED) is 0.502. The van der Waals surface area contributed by atoms with Crippen LogP contribution in [-0.4, -0.2) is 43.2 Å². The summed E-state index contributed by atoms with van der Waals surface area (Å²) in [4.78, 5) is 15.3. The topological polar surface area (TPSA) is 48.0 Å².